The molecule has 0 aliphatic carbocycles. The van der Waals surface area contributed by atoms with Crippen molar-refractivity contribution in [2.45, 2.75) is 32.4 Å². The Kier molecular flexibility index (Phi) is 4.65. The molecular formula is C18H18ClNO3S. The fraction of sp³-hybridized carbons (Fsp3) is 0.333. The summed E-state index contributed by atoms with van der Waals surface area (Å²) in [6.45, 7) is 4.59. The van der Waals surface area contributed by atoms with Crippen LogP contribution in [0.1, 0.15) is 34.6 Å². The normalized spacial score (nSPS) is 19.5. The standard InChI is InChI=1S/C18H18ClNO3S/c1-3-20(11-13-8-9-15(19)24-13)17(22)18(2)10-12-6-4-5-7-14(12)16(21)23-18/h4-9H,3,10-11H2,1-2H3. The number of carbonyl (C=O) groups excluding carboxylic acids is 2. The van der Waals surface area contributed by atoms with Crippen LogP contribution in [0.15, 0.2) is 36.4 Å². The average molecular weight is 364 g/mol. The van der Waals surface area contributed by atoms with E-state index in [0.29, 0.717) is 29.4 Å². The summed E-state index contributed by atoms with van der Waals surface area (Å²) in [5.41, 5.74) is 0.207. The molecule has 0 spiro atoms. The summed E-state index contributed by atoms with van der Waals surface area (Å²) in [6.07, 6.45) is 0.384. The number of esters is 1. The molecule has 2 heterocycles. The zero-order valence-electron chi connectivity index (χ0n) is 13.5. The molecule has 1 aromatic heterocycles. The van der Waals surface area contributed by atoms with E-state index in [0.717, 1.165) is 10.4 Å². The second kappa shape index (κ2) is 6.57. The molecule has 1 aliphatic heterocycles. The fourth-order valence-corrected chi connectivity index (χ4v) is 4.04. The van der Waals surface area contributed by atoms with Gasteiger partial charge in [0.25, 0.3) is 5.91 Å². The summed E-state index contributed by atoms with van der Waals surface area (Å²) in [4.78, 5) is 28.0. The number of benzene rings is 1. The predicted octanol–water partition coefficient (Wildman–Crippen LogP) is 3.92. The Morgan fingerprint density at radius 2 is 2.08 bits per heavy atom. The Bertz CT molecular complexity index is 788. The van der Waals surface area contributed by atoms with E-state index >= 15 is 0 Å². The molecule has 0 saturated heterocycles. The Labute approximate surface area is 150 Å². The van der Waals surface area contributed by atoms with Crippen molar-refractivity contribution < 1.29 is 14.3 Å². The van der Waals surface area contributed by atoms with Gasteiger partial charge in [-0.25, -0.2) is 4.79 Å². The molecule has 3 rings (SSSR count). The summed E-state index contributed by atoms with van der Waals surface area (Å²) >= 11 is 7.41. The maximum absolute atomic E-state index is 13.0. The summed E-state index contributed by atoms with van der Waals surface area (Å²) in [5, 5.41) is 0. The van der Waals surface area contributed by atoms with Crippen molar-refractivity contribution >= 4 is 34.8 Å². The van der Waals surface area contributed by atoms with Crippen LogP contribution in [0.5, 0.6) is 0 Å². The SMILES string of the molecule is CCN(Cc1ccc(Cl)s1)C(=O)C1(C)Cc2ccccc2C(=O)O1. The molecule has 1 unspecified atom stereocenters. The first-order chi connectivity index (χ1) is 11.4. The molecule has 4 nitrogen and oxygen atoms in total. The van der Waals surface area contributed by atoms with Crippen LogP contribution >= 0.6 is 22.9 Å². The van der Waals surface area contributed by atoms with Crippen molar-refractivity contribution in [2.75, 3.05) is 6.54 Å². The zero-order valence-corrected chi connectivity index (χ0v) is 15.1. The predicted molar refractivity (Wildman–Crippen MR) is 94.4 cm³/mol. The second-order valence-electron chi connectivity index (χ2n) is 5.98. The highest BCUT2D eigenvalue weighted by Crippen LogP contribution is 2.31. The van der Waals surface area contributed by atoms with E-state index in [4.69, 9.17) is 16.3 Å². The smallest absolute Gasteiger partial charge is 0.339 e. The number of amides is 1. The lowest BCUT2D eigenvalue weighted by Crippen LogP contribution is -2.52. The van der Waals surface area contributed by atoms with E-state index in [9.17, 15) is 9.59 Å². The van der Waals surface area contributed by atoms with Gasteiger partial charge in [0, 0.05) is 17.8 Å². The van der Waals surface area contributed by atoms with Crippen LogP contribution in [0.3, 0.4) is 0 Å². The number of likely N-dealkylation sites (N-methyl/N-ethyl adjacent to an activating group) is 1. The van der Waals surface area contributed by atoms with Crippen molar-refractivity contribution in [3.63, 3.8) is 0 Å². The molecule has 24 heavy (non-hydrogen) atoms. The van der Waals surface area contributed by atoms with E-state index in [1.807, 2.05) is 31.2 Å². The monoisotopic (exact) mass is 363 g/mol. The molecule has 0 N–H and O–H groups in total. The quantitative estimate of drug-likeness (QED) is 0.773. The Morgan fingerprint density at radius 1 is 1.33 bits per heavy atom. The lowest BCUT2D eigenvalue weighted by molar-refractivity contribution is -0.151. The van der Waals surface area contributed by atoms with Crippen LogP contribution in [0.2, 0.25) is 4.34 Å². The number of hydrogen-bond donors (Lipinski definition) is 0. The van der Waals surface area contributed by atoms with E-state index in [1.54, 1.807) is 24.0 Å². The largest absolute Gasteiger partial charge is 0.445 e. The number of cyclic esters (lactones) is 1. The lowest BCUT2D eigenvalue weighted by atomic mass is 9.89. The summed E-state index contributed by atoms with van der Waals surface area (Å²) < 4.78 is 6.23. The number of halogens is 1. The minimum absolute atomic E-state index is 0.183. The van der Waals surface area contributed by atoms with E-state index in [1.165, 1.54) is 11.3 Å². The van der Waals surface area contributed by atoms with Crippen LogP contribution in [-0.4, -0.2) is 28.9 Å². The van der Waals surface area contributed by atoms with Crippen LogP contribution in [0.25, 0.3) is 0 Å². The maximum atomic E-state index is 13.0. The van der Waals surface area contributed by atoms with Gasteiger partial charge < -0.3 is 9.64 Å². The highest BCUT2D eigenvalue weighted by molar-refractivity contribution is 7.16. The third-order valence-electron chi connectivity index (χ3n) is 4.18. The van der Waals surface area contributed by atoms with Crippen molar-refractivity contribution in [1.82, 2.24) is 4.90 Å². The molecule has 0 fully saturated rings. The third-order valence-corrected chi connectivity index (χ3v) is 5.40. The van der Waals surface area contributed by atoms with Gasteiger partial charge >= 0.3 is 5.97 Å². The Hall–Kier alpha value is -1.85. The van der Waals surface area contributed by atoms with Gasteiger partial charge in [0.1, 0.15) is 0 Å². The zero-order chi connectivity index (χ0) is 17.3. The van der Waals surface area contributed by atoms with Gasteiger partial charge in [0.15, 0.2) is 5.60 Å². The van der Waals surface area contributed by atoms with Crippen LogP contribution in [0.4, 0.5) is 0 Å². The molecule has 1 aliphatic rings. The van der Waals surface area contributed by atoms with E-state index in [2.05, 4.69) is 0 Å². The van der Waals surface area contributed by atoms with Crippen molar-refractivity contribution in [1.29, 1.82) is 0 Å². The van der Waals surface area contributed by atoms with Gasteiger partial charge in [0.05, 0.1) is 16.4 Å². The fourth-order valence-electron chi connectivity index (χ4n) is 2.94. The molecule has 1 amide bonds. The first-order valence-corrected chi connectivity index (χ1v) is 8.97. The van der Waals surface area contributed by atoms with Gasteiger partial charge in [-0.3, -0.25) is 4.79 Å². The minimum Gasteiger partial charge on any atom is -0.445 e. The number of nitrogens with zero attached hydrogens (tertiary/aromatic N) is 1. The van der Waals surface area contributed by atoms with Gasteiger partial charge in [0.2, 0.25) is 0 Å². The van der Waals surface area contributed by atoms with Crippen molar-refractivity contribution in [3.8, 4) is 0 Å². The number of hydrogen-bond acceptors (Lipinski definition) is 4. The summed E-state index contributed by atoms with van der Waals surface area (Å²) in [7, 11) is 0. The average Bonchev–Trinajstić information content (AvgIpc) is 2.97. The van der Waals surface area contributed by atoms with Gasteiger partial charge in [-0.1, -0.05) is 29.8 Å². The highest BCUT2D eigenvalue weighted by Gasteiger charge is 2.44. The van der Waals surface area contributed by atoms with Gasteiger partial charge in [-0.2, -0.15) is 0 Å². The summed E-state index contributed by atoms with van der Waals surface area (Å²) in [6, 6.07) is 11.0. The van der Waals surface area contributed by atoms with Crippen LogP contribution in [-0.2, 0) is 22.5 Å². The number of carbonyl (C=O) groups is 2. The highest BCUT2D eigenvalue weighted by atomic mass is 35.5. The van der Waals surface area contributed by atoms with E-state index < -0.39 is 11.6 Å². The van der Waals surface area contributed by atoms with Crippen molar-refractivity contribution in [2.24, 2.45) is 0 Å². The maximum Gasteiger partial charge on any atom is 0.339 e. The first kappa shape index (κ1) is 17.0. The number of ether oxygens (including phenoxy) is 1. The topological polar surface area (TPSA) is 46.6 Å². The van der Waals surface area contributed by atoms with Gasteiger partial charge in [-0.05, 0) is 37.6 Å². The molecule has 0 bridgehead atoms. The third kappa shape index (κ3) is 3.19. The number of fused-ring (bicyclic) bond motifs is 1. The first-order valence-electron chi connectivity index (χ1n) is 7.78. The Balaban J connectivity index is 1.83. The molecule has 1 aromatic carbocycles. The molecule has 0 radical (unpaired) electrons. The number of rotatable bonds is 4. The molecule has 0 saturated carbocycles. The Morgan fingerprint density at radius 3 is 2.75 bits per heavy atom. The van der Waals surface area contributed by atoms with Crippen LogP contribution < -0.4 is 0 Å². The van der Waals surface area contributed by atoms with Gasteiger partial charge in [-0.15, -0.1) is 11.3 Å². The minimum atomic E-state index is -1.18. The molecular weight excluding hydrogens is 346 g/mol. The molecule has 126 valence electrons. The lowest BCUT2D eigenvalue weighted by Gasteiger charge is -2.36. The molecule has 1 atom stereocenters. The summed E-state index contributed by atoms with van der Waals surface area (Å²) in [5.74, 6) is -0.625. The number of thiophene rings is 1. The van der Waals surface area contributed by atoms with Crippen LogP contribution in [0, 0.1) is 0 Å². The van der Waals surface area contributed by atoms with E-state index in [-0.39, 0.29) is 5.91 Å². The molecule has 2 aromatic rings. The second-order valence-corrected chi connectivity index (χ2v) is 7.78. The molecule has 6 heteroatoms. The van der Waals surface area contributed by atoms with Crippen molar-refractivity contribution in [3.05, 3.63) is 56.7 Å².